The molecule has 4 heteroatoms. The molecule has 158 valence electrons. The maximum atomic E-state index is 4.89. The number of halogens is 2. The molecular formula is C26H29Cl2PTi-2. The number of hydrogen-bond donors (Lipinski definition) is 0. The Morgan fingerprint density at radius 3 is 2.33 bits per heavy atom. The summed E-state index contributed by atoms with van der Waals surface area (Å²) in [5.41, 5.74) is 4.32. The number of fused-ring (bicyclic) bond motifs is 1. The van der Waals surface area contributed by atoms with Gasteiger partial charge in [0, 0.05) is 0 Å². The molecular weight excluding hydrogens is 462 g/mol. The van der Waals surface area contributed by atoms with Crippen LogP contribution in [0, 0.1) is 13.0 Å². The summed E-state index contributed by atoms with van der Waals surface area (Å²) in [6.07, 6.45) is 10.5. The van der Waals surface area contributed by atoms with Gasteiger partial charge in [0.2, 0.25) is 0 Å². The Balaban J connectivity index is 0.000000210. The predicted octanol–water partition coefficient (Wildman–Crippen LogP) is 8.13. The first-order valence-electron chi connectivity index (χ1n) is 10.3. The molecule has 0 radical (unpaired) electrons. The van der Waals surface area contributed by atoms with Gasteiger partial charge in [-0.15, -0.1) is 67.8 Å². The van der Waals surface area contributed by atoms with Crippen molar-refractivity contribution in [2.24, 2.45) is 0 Å². The number of aryl methyl sites for hydroxylation is 1. The van der Waals surface area contributed by atoms with E-state index in [4.69, 9.17) is 18.6 Å². The molecule has 1 atom stereocenters. The van der Waals surface area contributed by atoms with Gasteiger partial charge >= 0.3 is 35.6 Å². The second-order valence-corrected chi connectivity index (χ2v) is 11.1. The Labute approximate surface area is 200 Å². The molecule has 0 nitrogen and oxygen atoms in total. The van der Waals surface area contributed by atoms with Crippen LogP contribution in [0.3, 0.4) is 0 Å². The Bertz CT molecular complexity index is 958. The van der Waals surface area contributed by atoms with Crippen LogP contribution in [0.4, 0.5) is 0 Å². The summed E-state index contributed by atoms with van der Waals surface area (Å²) in [5, 5.41) is 5.68. The quantitative estimate of drug-likeness (QED) is 0.192. The van der Waals surface area contributed by atoms with Gasteiger partial charge in [-0.3, -0.25) is 6.08 Å². The first-order valence-corrected chi connectivity index (χ1v) is 15.6. The van der Waals surface area contributed by atoms with E-state index in [2.05, 4.69) is 93.6 Å². The summed E-state index contributed by atoms with van der Waals surface area (Å²) >= 11 is -0.556. The van der Waals surface area contributed by atoms with E-state index in [0.717, 1.165) is 15.0 Å². The SMILES string of the molecule is CCCCC1=[C-]CC=C1C.Cc1[cH-]c2ccccc2c1Pc1ccccc1.[Cl][Ti][Cl]. The molecule has 0 fully saturated rings. The van der Waals surface area contributed by atoms with Crippen LogP contribution in [0.5, 0.6) is 0 Å². The van der Waals surface area contributed by atoms with Crippen molar-refractivity contribution in [1.82, 2.24) is 0 Å². The third-order valence-electron chi connectivity index (χ3n) is 5.02. The molecule has 0 N–H and O–H groups in total. The molecule has 3 aromatic carbocycles. The van der Waals surface area contributed by atoms with Gasteiger partial charge in [0.25, 0.3) is 0 Å². The van der Waals surface area contributed by atoms with Gasteiger partial charge in [-0.2, -0.15) is 6.08 Å². The first kappa shape index (κ1) is 25.5. The third kappa shape index (κ3) is 8.07. The molecule has 1 unspecified atom stereocenters. The van der Waals surface area contributed by atoms with Crippen LogP contribution >= 0.6 is 27.2 Å². The van der Waals surface area contributed by atoms with Gasteiger partial charge < -0.3 is 0 Å². The molecule has 0 saturated heterocycles. The summed E-state index contributed by atoms with van der Waals surface area (Å²) in [6.45, 7) is 6.63. The van der Waals surface area contributed by atoms with Crippen molar-refractivity contribution in [1.29, 1.82) is 0 Å². The fourth-order valence-corrected chi connectivity index (χ4v) is 4.71. The zero-order chi connectivity index (χ0) is 21.8. The van der Waals surface area contributed by atoms with Crippen LogP contribution in [0.2, 0.25) is 0 Å². The average molecular weight is 491 g/mol. The second-order valence-electron chi connectivity index (χ2n) is 7.20. The summed E-state index contributed by atoms with van der Waals surface area (Å²) in [4.78, 5) is 0. The summed E-state index contributed by atoms with van der Waals surface area (Å²) < 4.78 is 0. The molecule has 0 amide bonds. The summed E-state index contributed by atoms with van der Waals surface area (Å²) in [5.74, 6) is 0. The van der Waals surface area contributed by atoms with Crippen LogP contribution in [0.15, 0.2) is 77.9 Å². The van der Waals surface area contributed by atoms with Crippen LogP contribution in [-0.2, 0) is 17.0 Å². The second kappa shape index (κ2) is 14.3. The fourth-order valence-electron chi connectivity index (χ4n) is 3.43. The fraction of sp³-hybridized carbons (Fsp3) is 0.269. The zero-order valence-electron chi connectivity index (χ0n) is 17.9. The molecule has 3 aromatic rings. The Morgan fingerprint density at radius 2 is 1.70 bits per heavy atom. The standard InChI is InChI=1S/C16H14P.C10H15.2ClH.Ti/c1-12-11-13-7-5-6-10-15(13)16(12)17-14-8-3-2-4-9-14;1-3-4-7-10-8-5-6-9(10)2;;;/h2-11,17H,1H3;6H,3-5,7H2,1-2H3;2*1H;/q2*-1;;;+2/p-2. The topological polar surface area (TPSA) is 0 Å². The van der Waals surface area contributed by atoms with E-state index in [0.29, 0.717) is 0 Å². The van der Waals surface area contributed by atoms with Crippen molar-refractivity contribution in [2.45, 2.75) is 46.5 Å². The molecule has 1 aliphatic carbocycles. The van der Waals surface area contributed by atoms with E-state index < -0.39 is 17.0 Å². The van der Waals surface area contributed by atoms with E-state index in [-0.39, 0.29) is 0 Å². The molecule has 0 bridgehead atoms. The van der Waals surface area contributed by atoms with Gasteiger partial charge in [-0.05, 0) is 5.30 Å². The molecule has 0 spiro atoms. The van der Waals surface area contributed by atoms with Gasteiger partial charge in [0.15, 0.2) is 0 Å². The van der Waals surface area contributed by atoms with E-state index >= 15 is 0 Å². The normalized spacial score (nSPS) is 12.7. The number of unbranched alkanes of at least 4 members (excludes halogenated alkanes) is 1. The van der Waals surface area contributed by atoms with Crippen LogP contribution in [0.25, 0.3) is 10.8 Å². The molecule has 30 heavy (non-hydrogen) atoms. The zero-order valence-corrected chi connectivity index (χ0v) is 22.0. The average Bonchev–Trinajstić information content (AvgIpc) is 3.31. The molecule has 1 aliphatic rings. The van der Waals surface area contributed by atoms with Crippen molar-refractivity contribution in [3.05, 3.63) is 89.5 Å². The Kier molecular flexibility index (Phi) is 12.2. The van der Waals surface area contributed by atoms with E-state index in [9.17, 15) is 0 Å². The number of rotatable bonds is 5. The monoisotopic (exact) mass is 490 g/mol. The van der Waals surface area contributed by atoms with Gasteiger partial charge in [0.05, 0.1) is 0 Å². The van der Waals surface area contributed by atoms with Crippen molar-refractivity contribution >= 4 is 48.6 Å². The minimum absolute atomic E-state index is 0.556. The Morgan fingerprint density at radius 1 is 1.03 bits per heavy atom. The third-order valence-corrected chi connectivity index (χ3v) is 6.56. The number of benzene rings is 2. The van der Waals surface area contributed by atoms with Crippen LogP contribution in [0.1, 0.15) is 45.1 Å². The Hall–Kier alpha value is -0.746. The first-order chi connectivity index (χ1) is 14.6. The number of allylic oxidation sites excluding steroid dienone is 4. The van der Waals surface area contributed by atoms with Gasteiger partial charge in [0.1, 0.15) is 0 Å². The molecule has 0 aliphatic heterocycles. The molecule has 0 heterocycles. The van der Waals surface area contributed by atoms with Gasteiger partial charge in [-0.1, -0.05) is 69.5 Å². The van der Waals surface area contributed by atoms with Crippen molar-refractivity contribution in [3.63, 3.8) is 0 Å². The molecule has 0 saturated carbocycles. The minimum atomic E-state index is -0.556. The van der Waals surface area contributed by atoms with E-state index in [1.54, 1.807) is 0 Å². The van der Waals surface area contributed by atoms with Crippen molar-refractivity contribution in [3.8, 4) is 0 Å². The van der Waals surface area contributed by atoms with Crippen LogP contribution in [-0.4, -0.2) is 0 Å². The molecule has 4 rings (SSSR count). The van der Waals surface area contributed by atoms with Gasteiger partial charge in [-0.25, -0.2) is 11.1 Å². The summed E-state index contributed by atoms with van der Waals surface area (Å²) in [6, 6.07) is 21.7. The molecule has 0 aromatic heterocycles. The van der Waals surface area contributed by atoms with E-state index in [1.165, 1.54) is 57.4 Å². The van der Waals surface area contributed by atoms with Crippen molar-refractivity contribution < 1.29 is 17.0 Å². The maximum absolute atomic E-state index is 4.89. The van der Waals surface area contributed by atoms with Crippen LogP contribution < -0.4 is 10.6 Å². The predicted molar refractivity (Wildman–Crippen MR) is 135 cm³/mol. The van der Waals surface area contributed by atoms with Crippen molar-refractivity contribution in [2.75, 3.05) is 0 Å². The summed E-state index contributed by atoms with van der Waals surface area (Å²) in [7, 11) is 10.5. The van der Waals surface area contributed by atoms with E-state index in [1.807, 2.05) is 0 Å². The number of hydrogen-bond acceptors (Lipinski definition) is 0.